The standard InChI is InChI=1S/C13H7ClFN5/c1-7-2-8(5-16)10(15)3-9(7)11-4-12-17-6-18-20(12)13(14)19-11/h2-4,6H,1H3. The quantitative estimate of drug-likeness (QED) is 0.645. The van der Waals surface area contributed by atoms with Crippen LogP contribution in [0.1, 0.15) is 11.1 Å². The first-order valence-corrected chi connectivity index (χ1v) is 6.05. The molecule has 20 heavy (non-hydrogen) atoms. The number of hydrogen-bond donors (Lipinski definition) is 0. The highest BCUT2D eigenvalue weighted by atomic mass is 35.5. The smallest absolute Gasteiger partial charge is 0.218 e. The zero-order valence-corrected chi connectivity index (χ0v) is 11.1. The molecule has 0 N–H and O–H groups in total. The third kappa shape index (κ3) is 1.89. The average Bonchev–Trinajstić information content (AvgIpc) is 2.89. The fraction of sp³-hybridized carbons (Fsp3) is 0.0769. The Kier molecular flexibility index (Phi) is 2.84. The van der Waals surface area contributed by atoms with Crippen LogP contribution in [0.3, 0.4) is 0 Å². The zero-order valence-electron chi connectivity index (χ0n) is 10.3. The van der Waals surface area contributed by atoms with Gasteiger partial charge < -0.3 is 0 Å². The molecular formula is C13H7ClFN5. The van der Waals surface area contributed by atoms with Crippen LogP contribution in [0.25, 0.3) is 16.9 Å². The third-order valence-electron chi connectivity index (χ3n) is 2.94. The van der Waals surface area contributed by atoms with E-state index < -0.39 is 5.82 Å². The summed E-state index contributed by atoms with van der Waals surface area (Å²) in [4.78, 5) is 8.21. The van der Waals surface area contributed by atoms with Crippen LogP contribution in [0, 0.1) is 24.1 Å². The molecular weight excluding hydrogens is 281 g/mol. The molecule has 3 aromatic rings. The van der Waals surface area contributed by atoms with Gasteiger partial charge in [0.2, 0.25) is 5.28 Å². The van der Waals surface area contributed by atoms with Gasteiger partial charge in [0.1, 0.15) is 18.2 Å². The number of nitriles is 1. The van der Waals surface area contributed by atoms with Crippen molar-refractivity contribution < 1.29 is 4.39 Å². The number of benzene rings is 1. The molecule has 0 aliphatic carbocycles. The fourth-order valence-corrected chi connectivity index (χ4v) is 2.19. The lowest BCUT2D eigenvalue weighted by atomic mass is 10.0. The first-order chi connectivity index (χ1) is 9.60. The number of fused-ring (bicyclic) bond motifs is 1. The minimum absolute atomic E-state index is 0.000836. The summed E-state index contributed by atoms with van der Waals surface area (Å²) < 4.78 is 15.1. The van der Waals surface area contributed by atoms with Gasteiger partial charge in [-0.05, 0) is 36.2 Å². The van der Waals surface area contributed by atoms with E-state index in [1.165, 1.54) is 23.0 Å². The monoisotopic (exact) mass is 287 g/mol. The molecule has 0 atom stereocenters. The molecule has 98 valence electrons. The van der Waals surface area contributed by atoms with Crippen molar-refractivity contribution in [1.82, 2.24) is 19.6 Å². The van der Waals surface area contributed by atoms with Crippen LogP contribution in [0.2, 0.25) is 5.28 Å². The minimum atomic E-state index is -0.590. The molecule has 0 radical (unpaired) electrons. The van der Waals surface area contributed by atoms with Crippen LogP contribution in [-0.4, -0.2) is 19.6 Å². The predicted octanol–water partition coefficient (Wildman–Crippen LogP) is 2.76. The summed E-state index contributed by atoms with van der Waals surface area (Å²) in [5.74, 6) is -0.590. The zero-order chi connectivity index (χ0) is 14.3. The number of rotatable bonds is 1. The molecule has 0 unspecified atom stereocenters. The van der Waals surface area contributed by atoms with Crippen LogP contribution in [-0.2, 0) is 0 Å². The molecule has 7 heteroatoms. The lowest BCUT2D eigenvalue weighted by molar-refractivity contribution is 0.624. The van der Waals surface area contributed by atoms with E-state index in [4.69, 9.17) is 16.9 Å². The number of nitrogens with zero attached hydrogens (tertiary/aromatic N) is 5. The molecule has 0 amide bonds. The topological polar surface area (TPSA) is 66.9 Å². The number of aromatic nitrogens is 4. The van der Waals surface area contributed by atoms with Gasteiger partial charge in [-0.2, -0.15) is 14.9 Å². The number of hydrogen-bond acceptors (Lipinski definition) is 4. The van der Waals surface area contributed by atoms with Crippen LogP contribution in [0.15, 0.2) is 24.5 Å². The molecule has 0 saturated heterocycles. The molecule has 0 aliphatic heterocycles. The van der Waals surface area contributed by atoms with Crippen molar-refractivity contribution in [1.29, 1.82) is 5.26 Å². The van der Waals surface area contributed by atoms with Crippen molar-refractivity contribution in [2.75, 3.05) is 0 Å². The predicted molar refractivity (Wildman–Crippen MR) is 70.6 cm³/mol. The van der Waals surface area contributed by atoms with Gasteiger partial charge in [-0.25, -0.2) is 14.4 Å². The summed E-state index contributed by atoms with van der Waals surface area (Å²) in [6.07, 6.45) is 1.36. The maximum Gasteiger partial charge on any atom is 0.226 e. The summed E-state index contributed by atoms with van der Waals surface area (Å²) in [6.45, 7) is 1.78. The second-order valence-corrected chi connectivity index (χ2v) is 4.54. The van der Waals surface area contributed by atoms with Crippen LogP contribution < -0.4 is 0 Å². The summed E-state index contributed by atoms with van der Waals surface area (Å²) in [5, 5.41) is 12.9. The fourth-order valence-electron chi connectivity index (χ4n) is 1.97. The molecule has 0 saturated carbocycles. The van der Waals surface area contributed by atoms with E-state index in [9.17, 15) is 4.39 Å². The van der Waals surface area contributed by atoms with Crippen molar-refractivity contribution in [3.05, 3.63) is 46.8 Å². The Labute approximate surface area is 118 Å². The Bertz CT molecular complexity index is 865. The largest absolute Gasteiger partial charge is 0.226 e. The van der Waals surface area contributed by atoms with E-state index in [1.54, 1.807) is 19.1 Å². The van der Waals surface area contributed by atoms with E-state index in [-0.39, 0.29) is 10.8 Å². The van der Waals surface area contributed by atoms with Crippen LogP contribution in [0.5, 0.6) is 0 Å². The van der Waals surface area contributed by atoms with Gasteiger partial charge in [0.05, 0.1) is 11.3 Å². The van der Waals surface area contributed by atoms with E-state index >= 15 is 0 Å². The second-order valence-electron chi connectivity index (χ2n) is 4.20. The Balaban J connectivity index is 2.25. The molecule has 1 aromatic carbocycles. The average molecular weight is 288 g/mol. The Hall–Kier alpha value is -2.52. The summed E-state index contributed by atoms with van der Waals surface area (Å²) in [6, 6.07) is 6.22. The molecule has 2 aromatic heterocycles. The number of aryl methyl sites for hydroxylation is 1. The van der Waals surface area contributed by atoms with Gasteiger partial charge in [-0.1, -0.05) is 0 Å². The summed E-state index contributed by atoms with van der Waals surface area (Å²) >= 11 is 6.01. The maximum atomic E-state index is 13.8. The van der Waals surface area contributed by atoms with Gasteiger partial charge in [0.25, 0.3) is 0 Å². The maximum absolute atomic E-state index is 13.8. The van der Waals surface area contributed by atoms with Gasteiger partial charge in [-0.3, -0.25) is 0 Å². The summed E-state index contributed by atoms with van der Waals surface area (Å²) in [7, 11) is 0. The first kappa shape index (κ1) is 12.5. The van der Waals surface area contributed by atoms with Gasteiger partial charge in [-0.15, -0.1) is 0 Å². The molecule has 0 bridgehead atoms. The van der Waals surface area contributed by atoms with E-state index in [1.807, 2.05) is 0 Å². The van der Waals surface area contributed by atoms with Gasteiger partial charge in [0.15, 0.2) is 5.65 Å². The minimum Gasteiger partial charge on any atom is -0.218 e. The van der Waals surface area contributed by atoms with Crippen molar-refractivity contribution in [3.63, 3.8) is 0 Å². The van der Waals surface area contributed by atoms with E-state index in [2.05, 4.69) is 15.1 Å². The van der Waals surface area contributed by atoms with E-state index in [0.717, 1.165) is 5.56 Å². The first-order valence-electron chi connectivity index (χ1n) is 5.67. The molecule has 5 nitrogen and oxygen atoms in total. The van der Waals surface area contributed by atoms with Crippen LogP contribution in [0.4, 0.5) is 4.39 Å². The van der Waals surface area contributed by atoms with Crippen molar-refractivity contribution in [2.45, 2.75) is 6.92 Å². The normalized spacial score (nSPS) is 10.7. The van der Waals surface area contributed by atoms with Gasteiger partial charge >= 0.3 is 0 Å². The highest BCUT2D eigenvalue weighted by molar-refractivity contribution is 6.28. The highest BCUT2D eigenvalue weighted by Gasteiger charge is 2.13. The van der Waals surface area contributed by atoms with Crippen molar-refractivity contribution in [3.8, 4) is 17.3 Å². The summed E-state index contributed by atoms with van der Waals surface area (Å²) in [5.41, 5.74) is 2.30. The molecule has 0 spiro atoms. The lowest BCUT2D eigenvalue weighted by Gasteiger charge is -2.07. The van der Waals surface area contributed by atoms with Gasteiger partial charge in [0, 0.05) is 11.6 Å². The Morgan fingerprint density at radius 2 is 2.15 bits per heavy atom. The Morgan fingerprint density at radius 3 is 2.90 bits per heavy atom. The SMILES string of the molecule is Cc1cc(C#N)c(F)cc1-c1cc2ncnn2c(Cl)n1. The lowest BCUT2D eigenvalue weighted by Crippen LogP contribution is -1.97. The molecule has 0 aliphatic rings. The number of halogens is 2. The molecule has 3 rings (SSSR count). The second kappa shape index (κ2) is 4.54. The highest BCUT2D eigenvalue weighted by Crippen LogP contribution is 2.26. The van der Waals surface area contributed by atoms with Crippen molar-refractivity contribution >= 4 is 17.2 Å². The third-order valence-corrected chi connectivity index (χ3v) is 3.18. The molecule has 2 heterocycles. The molecule has 0 fully saturated rings. The Morgan fingerprint density at radius 1 is 1.35 bits per heavy atom. The van der Waals surface area contributed by atoms with Crippen molar-refractivity contribution in [2.24, 2.45) is 0 Å². The van der Waals surface area contributed by atoms with Crippen LogP contribution >= 0.6 is 11.6 Å². The van der Waals surface area contributed by atoms with E-state index in [0.29, 0.717) is 16.9 Å².